The molecule has 2 aromatic rings. The number of rotatable bonds is 4. The topological polar surface area (TPSA) is 41.9 Å². The van der Waals surface area contributed by atoms with Gasteiger partial charge in [-0.15, -0.1) is 0 Å². The fourth-order valence-corrected chi connectivity index (χ4v) is 4.69. The second-order valence-corrected chi connectivity index (χ2v) is 7.30. The lowest BCUT2D eigenvalue weighted by Crippen LogP contribution is -2.42. The minimum absolute atomic E-state index is 0.237. The average molecular weight is 353 g/mol. The number of nitrogens with zero attached hydrogens (tertiary/aromatic N) is 1. The Morgan fingerprint density at radius 1 is 1.08 bits per heavy atom. The number of methoxy groups -OCH3 is 2. The number of phenolic OH excluding ortho intramolecular Hbond substituents is 1. The van der Waals surface area contributed by atoms with Crippen molar-refractivity contribution in [1.29, 1.82) is 0 Å². The van der Waals surface area contributed by atoms with Crippen LogP contribution in [0.1, 0.15) is 54.1 Å². The Hall–Kier alpha value is -2.20. The minimum Gasteiger partial charge on any atom is -0.504 e. The Bertz CT molecular complexity index is 817. The summed E-state index contributed by atoms with van der Waals surface area (Å²) in [6.07, 6.45) is 4.22. The first-order valence-corrected chi connectivity index (χ1v) is 9.48. The van der Waals surface area contributed by atoms with Crippen molar-refractivity contribution in [2.45, 2.75) is 44.7 Å². The fourth-order valence-electron chi connectivity index (χ4n) is 4.69. The molecular formula is C22H27NO3. The van der Waals surface area contributed by atoms with Gasteiger partial charge in [-0.1, -0.05) is 19.4 Å². The van der Waals surface area contributed by atoms with Gasteiger partial charge in [-0.05, 0) is 65.8 Å². The molecule has 4 heteroatoms. The van der Waals surface area contributed by atoms with Crippen LogP contribution < -0.4 is 9.47 Å². The highest BCUT2D eigenvalue weighted by molar-refractivity contribution is 5.51. The van der Waals surface area contributed by atoms with Crippen molar-refractivity contribution < 1.29 is 14.6 Å². The molecule has 1 N–H and O–H groups in total. The fraction of sp³-hybridized carbons (Fsp3) is 0.455. The first-order chi connectivity index (χ1) is 12.7. The molecule has 0 aliphatic carbocycles. The van der Waals surface area contributed by atoms with E-state index in [4.69, 9.17) is 9.47 Å². The van der Waals surface area contributed by atoms with Crippen molar-refractivity contribution in [3.8, 4) is 17.2 Å². The van der Waals surface area contributed by atoms with Crippen LogP contribution in [-0.4, -0.2) is 30.8 Å². The van der Waals surface area contributed by atoms with Gasteiger partial charge in [0.05, 0.1) is 14.2 Å². The van der Waals surface area contributed by atoms with E-state index in [0.717, 1.165) is 38.0 Å². The molecule has 2 aliphatic rings. The molecule has 138 valence electrons. The molecule has 2 aromatic carbocycles. The van der Waals surface area contributed by atoms with Gasteiger partial charge in [-0.2, -0.15) is 0 Å². The third-order valence-electron chi connectivity index (χ3n) is 5.92. The molecule has 4 rings (SSSR count). The number of aromatic hydroxyl groups is 1. The van der Waals surface area contributed by atoms with Gasteiger partial charge in [0.15, 0.2) is 11.5 Å². The summed E-state index contributed by atoms with van der Waals surface area (Å²) in [7, 11) is 3.34. The van der Waals surface area contributed by atoms with Crippen LogP contribution in [-0.2, 0) is 12.8 Å². The zero-order valence-corrected chi connectivity index (χ0v) is 15.8. The molecule has 26 heavy (non-hydrogen) atoms. The summed E-state index contributed by atoms with van der Waals surface area (Å²) in [4.78, 5) is 2.65. The molecule has 0 aromatic heterocycles. The molecule has 0 saturated carbocycles. The van der Waals surface area contributed by atoms with Crippen molar-refractivity contribution in [3.05, 3.63) is 52.6 Å². The average Bonchev–Trinajstić information content (AvgIpc) is 2.66. The van der Waals surface area contributed by atoms with Crippen LogP contribution in [0.2, 0.25) is 0 Å². The monoisotopic (exact) mass is 353 g/mol. The normalized spacial score (nSPS) is 21.5. The maximum absolute atomic E-state index is 10.3. The first-order valence-electron chi connectivity index (χ1n) is 9.48. The van der Waals surface area contributed by atoms with Gasteiger partial charge in [0.25, 0.3) is 0 Å². The molecule has 0 unspecified atom stereocenters. The summed E-state index contributed by atoms with van der Waals surface area (Å²) in [5.41, 5.74) is 5.35. The second kappa shape index (κ2) is 6.84. The van der Waals surface area contributed by atoms with Gasteiger partial charge in [-0.3, -0.25) is 4.90 Å². The van der Waals surface area contributed by atoms with Crippen LogP contribution in [0.25, 0.3) is 0 Å². The summed E-state index contributed by atoms with van der Waals surface area (Å²) < 4.78 is 10.8. The molecule has 0 fully saturated rings. The van der Waals surface area contributed by atoms with Gasteiger partial charge in [-0.25, -0.2) is 0 Å². The molecule has 0 bridgehead atoms. The largest absolute Gasteiger partial charge is 0.504 e. The lowest BCUT2D eigenvalue weighted by Gasteiger charge is -2.47. The Balaban J connectivity index is 1.80. The van der Waals surface area contributed by atoms with E-state index in [0.29, 0.717) is 17.8 Å². The molecule has 0 spiro atoms. The van der Waals surface area contributed by atoms with E-state index >= 15 is 0 Å². The Morgan fingerprint density at radius 3 is 2.65 bits per heavy atom. The summed E-state index contributed by atoms with van der Waals surface area (Å²) in [6.45, 7) is 3.29. The van der Waals surface area contributed by atoms with Gasteiger partial charge in [0, 0.05) is 18.6 Å². The standard InChI is InChI=1S/C22H27NO3/c1-4-5-19-18-13-22(26-3)21(24)12-15(18)11-20-17-7-6-16(25-2)10-14(17)8-9-23(19)20/h6-7,10,12-13,19-20,24H,4-5,8-9,11H2,1-3H3/t19-,20+/m1/s1. The van der Waals surface area contributed by atoms with Crippen molar-refractivity contribution >= 4 is 0 Å². The summed E-state index contributed by atoms with van der Waals surface area (Å²) in [6, 6.07) is 11.2. The van der Waals surface area contributed by atoms with Gasteiger partial charge >= 0.3 is 0 Å². The van der Waals surface area contributed by atoms with Crippen LogP contribution in [0.5, 0.6) is 17.2 Å². The highest BCUT2D eigenvalue weighted by Crippen LogP contribution is 2.48. The van der Waals surface area contributed by atoms with Crippen molar-refractivity contribution in [3.63, 3.8) is 0 Å². The minimum atomic E-state index is 0.237. The molecule has 0 amide bonds. The molecule has 2 aliphatic heterocycles. The SMILES string of the molecule is CCC[C@@H]1c2cc(OC)c(O)cc2C[C@H]2c3ccc(OC)cc3CCN12. The van der Waals surface area contributed by atoms with Crippen LogP contribution >= 0.6 is 0 Å². The summed E-state index contributed by atoms with van der Waals surface area (Å²) >= 11 is 0. The zero-order valence-electron chi connectivity index (χ0n) is 15.8. The number of phenols is 1. The lowest BCUT2D eigenvalue weighted by atomic mass is 9.79. The number of benzene rings is 2. The van der Waals surface area contributed by atoms with Crippen LogP contribution in [0, 0.1) is 0 Å². The van der Waals surface area contributed by atoms with E-state index < -0.39 is 0 Å². The Kier molecular flexibility index (Phi) is 4.53. The van der Waals surface area contributed by atoms with E-state index in [-0.39, 0.29) is 5.75 Å². The highest BCUT2D eigenvalue weighted by atomic mass is 16.5. The molecule has 0 saturated heterocycles. The van der Waals surface area contributed by atoms with Crippen LogP contribution in [0.3, 0.4) is 0 Å². The van der Waals surface area contributed by atoms with Crippen molar-refractivity contribution in [1.82, 2.24) is 4.90 Å². The Labute approximate surface area is 155 Å². The van der Waals surface area contributed by atoms with E-state index in [1.165, 1.54) is 22.3 Å². The van der Waals surface area contributed by atoms with E-state index in [9.17, 15) is 5.11 Å². The highest BCUT2D eigenvalue weighted by Gasteiger charge is 2.38. The third-order valence-corrected chi connectivity index (χ3v) is 5.92. The molecule has 2 heterocycles. The smallest absolute Gasteiger partial charge is 0.160 e. The van der Waals surface area contributed by atoms with Crippen molar-refractivity contribution in [2.75, 3.05) is 20.8 Å². The quantitative estimate of drug-likeness (QED) is 0.884. The van der Waals surface area contributed by atoms with Crippen LogP contribution in [0.15, 0.2) is 30.3 Å². The molecule has 2 atom stereocenters. The number of ether oxygens (including phenoxy) is 2. The first kappa shape index (κ1) is 17.2. The molecule has 0 radical (unpaired) electrons. The third kappa shape index (κ3) is 2.73. The van der Waals surface area contributed by atoms with Crippen molar-refractivity contribution in [2.24, 2.45) is 0 Å². The second-order valence-electron chi connectivity index (χ2n) is 7.30. The van der Waals surface area contributed by atoms with E-state index in [1.807, 2.05) is 12.1 Å². The lowest BCUT2D eigenvalue weighted by molar-refractivity contribution is 0.0997. The van der Waals surface area contributed by atoms with Crippen LogP contribution in [0.4, 0.5) is 0 Å². The maximum Gasteiger partial charge on any atom is 0.160 e. The van der Waals surface area contributed by atoms with E-state index in [1.54, 1.807) is 14.2 Å². The van der Waals surface area contributed by atoms with Gasteiger partial charge in [0.1, 0.15) is 5.75 Å². The summed E-state index contributed by atoms with van der Waals surface area (Å²) in [5.74, 6) is 1.74. The predicted octanol–water partition coefficient (Wildman–Crippen LogP) is 4.41. The summed E-state index contributed by atoms with van der Waals surface area (Å²) in [5, 5.41) is 10.3. The predicted molar refractivity (Wildman–Crippen MR) is 102 cm³/mol. The zero-order chi connectivity index (χ0) is 18.3. The Morgan fingerprint density at radius 2 is 1.92 bits per heavy atom. The molecular weight excluding hydrogens is 326 g/mol. The molecule has 4 nitrogen and oxygen atoms in total. The van der Waals surface area contributed by atoms with Gasteiger partial charge < -0.3 is 14.6 Å². The number of fused-ring (bicyclic) bond motifs is 4. The number of hydrogen-bond acceptors (Lipinski definition) is 4. The van der Waals surface area contributed by atoms with E-state index in [2.05, 4.69) is 30.0 Å². The maximum atomic E-state index is 10.3. The van der Waals surface area contributed by atoms with Gasteiger partial charge in [0.2, 0.25) is 0 Å². The number of hydrogen-bond donors (Lipinski definition) is 1.